The van der Waals surface area contributed by atoms with Crippen molar-refractivity contribution in [2.45, 2.75) is 58.0 Å². The Hall–Kier alpha value is -3.65. The van der Waals surface area contributed by atoms with Crippen molar-refractivity contribution in [2.75, 3.05) is 18.6 Å². The first-order valence-corrected chi connectivity index (χ1v) is 14.8. The van der Waals surface area contributed by atoms with E-state index in [4.69, 9.17) is 4.74 Å². The zero-order valence-corrected chi connectivity index (χ0v) is 23.9. The van der Waals surface area contributed by atoms with E-state index >= 15 is 0 Å². The molecule has 1 atom stereocenters. The summed E-state index contributed by atoms with van der Waals surface area (Å²) in [6, 6.07) is 18.7. The van der Waals surface area contributed by atoms with E-state index in [0.29, 0.717) is 31.1 Å². The molecular weight excluding hydrogens is 524 g/mol. The van der Waals surface area contributed by atoms with Crippen LogP contribution in [0.2, 0.25) is 0 Å². The summed E-state index contributed by atoms with van der Waals surface area (Å²) < 4.78 is 5.24. The molecule has 2 aromatic carbocycles. The zero-order chi connectivity index (χ0) is 28.2. The number of anilines is 1. The fraction of sp³-hybridized carbons (Fsp3) is 0.406. The predicted octanol–water partition coefficient (Wildman–Crippen LogP) is 6.47. The van der Waals surface area contributed by atoms with E-state index in [9.17, 15) is 19.5 Å². The smallest absolute Gasteiger partial charge is 0.348 e. The number of likely N-dealkylation sites (tertiary alicyclic amines) is 1. The number of hydrogen-bond donors (Lipinski definition) is 1. The number of nitrogens with zero attached hydrogens (tertiary/aromatic N) is 2. The molecule has 8 heteroatoms. The van der Waals surface area contributed by atoms with E-state index < -0.39 is 5.97 Å². The minimum atomic E-state index is -1.06. The third kappa shape index (κ3) is 6.07. The number of amides is 2. The van der Waals surface area contributed by atoms with E-state index in [0.717, 1.165) is 47.4 Å². The van der Waals surface area contributed by atoms with Gasteiger partial charge in [-0.1, -0.05) is 49.4 Å². The maximum atomic E-state index is 14.2. The normalized spacial score (nSPS) is 21.2. The number of benzene rings is 2. The lowest BCUT2D eigenvalue weighted by molar-refractivity contribution is -0.135. The number of carbonyl (C=O) groups is 3. The monoisotopic (exact) mass is 560 g/mol. The molecule has 1 aliphatic carbocycles. The topological polar surface area (TPSA) is 87.2 Å². The molecule has 0 radical (unpaired) electrons. The third-order valence-corrected chi connectivity index (χ3v) is 9.38. The summed E-state index contributed by atoms with van der Waals surface area (Å²) in [6.07, 6.45) is 4.30. The summed E-state index contributed by atoms with van der Waals surface area (Å²) >= 11 is 1.18. The highest BCUT2D eigenvalue weighted by molar-refractivity contribution is 7.18. The van der Waals surface area contributed by atoms with E-state index in [1.54, 1.807) is 12.0 Å². The first kappa shape index (κ1) is 27.9. The molecule has 2 aliphatic rings. The molecule has 210 valence electrons. The average molecular weight is 561 g/mol. The molecule has 1 saturated carbocycles. The van der Waals surface area contributed by atoms with Crippen LogP contribution in [0.25, 0.3) is 10.4 Å². The van der Waals surface area contributed by atoms with E-state index in [1.165, 1.54) is 11.3 Å². The number of piperidine rings is 1. The number of carboxylic acids is 1. The zero-order valence-electron chi connectivity index (χ0n) is 23.0. The van der Waals surface area contributed by atoms with Crippen molar-refractivity contribution >= 4 is 34.8 Å². The highest BCUT2D eigenvalue weighted by atomic mass is 32.1. The average Bonchev–Trinajstić information content (AvgIpc) is 3.41. The van der Waals surface area contributed by atoms with Crippen LogP contribution < -0.4 is 9.64 Å². The van der Waals surface area contributed by atoms with Crippen molar-refractivity contribution in [3.05, 3.63) is 71.1 Å². The molecule has 1 unspecified atom stereocenters. The van der Waals surface area contributed by atoms with Gasteiger partial charge in [-0.3, -0.25) is 9.59 Å². The summed E-state index contributed by atoms with van der Waals surface area (Å²) in [6.45, 7) is 3.20. The summed E-state index contributed by atoms with van der Waals surface area (Å²) in [4.78, 5) is 44.5. The highest BCUT2D eigenvalue weighted by Gasteiger charge is 2.39. The van der Waals surface area contributed by atoms with E-state index in [-0.39, 0.29) is 35.1 Å². The second-order valence-corrected chi connectivity index (χ2v) is 12.0. The Morgan fingerprint density at radius 3 is 2.35 bits per heavy atom. The van der Waals surface area contributed by atoms with Crippen LogP contribution in [-0.2, 0) is 16.1 Å². The van der Waals surface area contributed by atoms with E-state index in [2.05, 4.69) is 6.92 Å². The minimum absolute atomic E-state index is 0.0301. The van der Waals surface area contributed by atoms with Crippen molar-refractivity contribution in [1.82, 2.24) is 4.90 Å². The molecule has 2 fully saturated rings. The van der Waals surface area contributed by atoms with Crippen LogP contribution in [0.4, 0.5) is 5.69 Å². The molecule has 1 N–H and O–H groups in total. The van der Waals surface area contributed by atoms with Gasteiger partial charge in [0.15, 0.2) is 0 Å². The number of carbonyl (C=O) groups excluding carboxylic acids is 2. The van der Waals surface area contributed by atoms with Crippen molar-refractivity contribution < 1.29 is 24.2 Å². The molecule has 2 heterocycles. The quantitative estimate of drug-likeness (QED) is 0.341. The number of carboxylic acid groups (broad SMARTS) is 1. The summed E-state index contributed by atoms with van der Waals surface area (Å²) in [7, 11) is 1.62. The van der Waals surface area contributed by atoms with Gasteiger partial charge in [-0.15, -0.1) is 11.3 Å². The molecule has 5 rings (SSSR count). The van der Waals surface area contributed by atoms with Gasteiger partial charge >= 0.3 is 5.97 Å². The first-order valence-electron chi connectivity index (χ1n) is 14.0. The molecule has 3 aromatic rings. The number of thiophene rings is 1. The lowest BCUT2D eigenvalue weighted by atomic mass is 9.82. The van der Waals surface area contributed by atoms with Crippen molar-refractivity contribution in [3.8, 4) is 16.2 Å². The molecule has 2 amide bonds. The Morgan fingerprint density at radius 1 is 1.02 bits per heavy atom. The Bertz CT molecular complexity index is 1350. The maximum Gasteiger partial charge on any atom is 0.348 e. The first-order chi connectivity index (χ1) is 19.3. The summed E-state index contributed by atoms with van der Waals surface area (Å²) in [5.74, 6) is 0.0530. The Morgan fingerprint density at radius 2 is 1.73 bits per heavy atom. The number of ether oxygens (including phenoxy) is 1. The lowest BCUT2D eigenvalue weighted by Crippen LogP contribution is -2.51. The van der Waals surface area contributed by atoms with Crippen LogP contribution in [0.5, 0.6) is 5.75 Å². The van der Waals surface area contributed by atoms with Gasteiger partial charge < -0.3 is 19.6 Å². The molecule has 1 aliphatic heterocycles. The molecule has 0 spiro atoms. The van der Waals surface area contributed by atoms with Crippen molar-refractivity contribution in [2.24, 2.45) is 11.8 Å². The van der Waals surface area contributed by atoms with Gasteiger partial charge in [0.05, 0.1) is 12.8 Å². The van der Waals surface area contributed by atoms with Crippen LogP contribution in [0, 0.1) is 11.8 Å². The standard InChI is InChI=1S/C32H36N2O5S/c1-21-8-12-24(13-9-21)31(36)34(27-19-28(40-30(27)32(37)38)23-6-4-3-5-7-23)25-16-17-33(29(35)18-25)20-22-10-14-26(39-2)15-11-22/h3-7,10-11,14-15,19,21,24-25H,8-9,12-13,16-18,20H2,1-2H3,(H,37,38). The molecule has 40 heavy (non-hydrogen) atoms. The third-order valence-electron chi connectivity index (χ3n) is 8.22. The van der Waals surface area contributed by atoms with Crippen LogP contribution in [0.1, 0.15) is 60.7 Å². The second-order valence-electron chi connectivity index (χ2n) is 11.0. The van der Waals surface area contributed by atoms with Crippen LogP contribution in [0.3, 0.4) is 0 Å². The summed E-state index contributed by atoms with van der Waals surface area (Å²) in [5.41, 5.74) is 2.34. The molecule has 1 aromatic heterocycles. The van der Waals surface area contributed by atoms with Gasteiger partial charge in [0.1, 0.15) is 10.6 Å². The molecule has 0 bridgehead atoms. The highest BCUT2D eigenvalue weighted by Crippen LogP contribution is 2.41. The number of hydrogen-bond acceptors (Lipinski definition) is 5. The van der Waals surface area contributed by atoms with Gasteiger partial charge in [-0.05, 0) is 67.3 Å². The van der Waals surface area contributed by atoms with Crippen molar-refractivity contribution in [1.29, 1.82) is 0 Å². The maximum absolute atomic E-state index is 14.2. The Kier molecular flexibility index (Phi) is 8.54. The fourth-order valence-electron chi connectivity index (χ4n) is 5.86. The Labute approximate surface area is 239 Å². The second kappa shape index (κ2) is 12.3. The van der Waals surface area contributed by atoms with Gasteiger partial charge in [-0.2, -0.15) is 0 Å². The number of aromatic carboxylic acids is 1. The van der Waals surface area contributed by atoms with Gasteiger partial charge in [-0.25, -0.2) is 4.79 Å². The molecular formula is C32H36N2O5S. The SMILES string of the molecule is COc1ccc(CN2CCC(N(C(=O)C3CCC(C)CC3)c3cc(-c4ccccc4)sc3C(=O)O)CC2=O)cc1. The van der Waals surface area contributed by atoms with Gasteiger partial charge in [0.25, 0.3) is 0 Å². The van der Waals surface area contributed by atoms with E-state index in [1.807, 2.05) is 65.6 Å². The largest absolute Gasteiger partial charge is 0.497 e. The molecule has 7 nitrogen and oxygen atoms in total. The fourth-order valence-corrected chi connectivity index (χ4v) is 6.85. The van der Waals surface area contributed by atoms with Gasteiger partial charge in [0.2, 0.25) is 11.8 Å². The molecule has 1 saturated heterocycles. The van der Waals surface area contributed by atoms with Crippen LogP contribution >= 0.6 is 11.3 Å². The Balaban J connectivity index is 1.44. The van der Waals surface area contributed by atoms with Gasteiger partial charge in [0, 0.05) is 36.3 Å². The van der Waals surface area contributed by atoms with Crippen molar-refractivity contribution in [3.63, 3.8) is 0 Å². The lowest BCUT2D eigenvalue weighted by Gasteiger charge is -2.40. The number of methoxy groups -OCH3 is 1. The minimum Gasteiger partial charge on any atom is -0.497 e. The van der Waals surface area contributed by atoms with Crippen LogP contribution in [0.15, 0.2) is 60.7 Å². The number of rotatable bonds is 8. The predicted molar refractivity (Wildman–Crippen MR) is 157 cm³/mol. The van der Waals surface area contributed by atoms with Crippen LogP contribution in [-0.4, -0.2) is 47.5 Å². The summed E-state index contributed by atoms with van der Waals surface area (Å²) in [5, 5.41) is 10.2.